The molecule has 2 aromatic heterocycles. The van der Waals surface area contributed by atoms with Gasteiger partial charge in [0.1, 0.15) is 5.69 Å². The van der Waals surface area contributed by atoms with Gasteiger partial charge in [0.15, 0.2) is 5.82 Å². The number of aromatic amines is 1. The fraction of sp³-hybridized carbons (Fsp3) is 0. The molecule has 0 aliphatic carbocycles. The predicted molar refractivity (Wildman–Crippen MR) is 54.5 cm³/mol. The van der Waals surface area contributed by atoms with E-state index in [0.29, 0.717) is 11.5 Å². The number of rotatable bonds is 1. The first-order valence-electron chi connectivity index (χ1n) is 3.59. The number of hydrogen-bond donors (Lipinski definition) is 1. The Labute approximate surface area is 87.6 Å². The lowest BCUT2D eigenvalue weighted by molar-refractivity contribution is 0.584. The highest BCUT2D eigenvalue weighted by Gasteiger charge is 2.07. The van der Waals surface area contributed by atoms with E-state index in [9.17, 15) is 4.39 Å². The molecule has 0 atom stereocenters. The van der Waals surface area contributed by atoms with Crippen LogP contribution in [0.15, 0.2) is 24.5 Å². The average molecular weight is 289 g/mol. The zero-order valence-corrected chi connectivity index (χ0v) is 8.62. The van der Waals surface area contributed by atoms with E-state index >= 15 is 0 Å². The van der Waals surface area contributed by atoms with Gasteiger partial charge in [0.05, 0.1) is 0 Å². The molecule has 3 nitrogen and oxygen atoms in total. The summed E-state index contributed by atoms with van der Waals surface area (Å²) in [5.41, 5.74) is 0.547. The van der Waals surface area contributed by atoms with Crippen molar-refractivity contribution in [3.63, 3.8) is 0 Å². The molecule has 0 saturated carbocycles. The van der Waals surface area contributed by atoms with E-state index < -0.39 is 5.95 Å². The lowest BCUT2D eigenvalue weighted by atomic mass is 10.3. The van der Waals surface area contributed by atoms with E-state index in [0.717, 1.165) is 3.57 Å². The number of H-pyrrole nitrogens is 1. The summed E-state index contributed by atoms with van der Waals surface area (Å²) in [6.07, 6.45) is 3.29. The van der Waals surface area contributed by atoms with E-state index in [-0.39, 0.29) is 0 Å². The molecule has 2 aromatic rings. The molecular weight excluding hydrogens is 284 g/mol. The van der Waals surface area contributed by atoms with Crippen LogP contribution in [0, 0.1) is 9.52 Å². The van der Waals surface area contributed by atoms with Crippen molar-refractivity contribution in [2.24, 2.45) is 0 Å². The second-order valence-electron chi connectivity index (χ2n) is 2.40. The van der Waals surface area contributed by atoms with Gasteiger partial charge in [-0.3, -0.25) is 0 Å². The molecule has 0 bridgehead atoms. The van der Waals surface area contributed by atoms with Gasteiger partial charge in [0.25, 0.3) is 0 Å². The predicted octanol–water partition coefficient (Wildman–Crippen LogP) is 2.22. The fourth-order valence-corrected chi connectivity index (χ4v) is 1.54. The summed E-state index contributed by atoms with van der Waals surface area (Å²) in [4.78, 5) is 10.6. The fourth-order valence-electron chi connectivity index (χ4n) is 0.979. The Hall–Kier alpha value is -0.980. The summed E-state index contributed by atoms with van der Waals surface area (Å²) < 4.78 is 13.7. The molecule has 0 amide bonds. The highest BCUT2D eigenvalue weighted by atomic mass is 127. The van der Waals surface area contributed by atoms with Crippen LogP contribution in [-0.4, -0.2) is 15.0 Å². The van der Waals surface area contributed by atoms with Gasteiger partial charge in [-0.15, -0.1) is 0 Å². The van der Waals surface area contributed by atoms with Gasteiger partial charge in [0, 0.05) is 16.0 Å². The molecule has 0 saturated heterocycles. The Balaban J connectivity index is 2.57. The number of pyridine rings is 1. The number of halogens is 2. The maximum absolute atomic E-state index is 12.8. The highest BCUT2D eigenvalue weighted by Crippen LogP contribution is 2.19. The largest absolute Gasteiger partial charge is 0.343 e. The number of nitrogens with one attached hydrogen (secondary N) is 1. The van der Waals surface area contributed by atoms with E-state index in [4.69, 9.17) is 0 Å². The molecule has 0 unspecified atom stereocenters. The van der Waals surface area contributed by atoms with Crippen LogP contribution in [0.4, 0.5) is 4.39 Å². The average Bonchev–Trinajstić information content (AvgIpc) is 2.61. The van der Waals surface area contributed by atoms with Crippen LogP contribution in [0.25, 0.3) is 11.5 Å². The molecule has 0 aliphatic heterocycles. The Morgan fingerprint density at radius 2 is 2.23 bits per heavy atom. The summed E-state index contributed by atoms with van der Waals surface area (Å²) in [5.74, 6) is 0.0933. The molecule has 66 valence electrons. The van der Waals surface area contributed by atoms with Crippen molar-refractivity contribution >= 4 is 22.6 Å². The molecular formula is C8H5FIN3. The summed E-state index contributed by atoms with van der Waals surface area (Å²) in [6, 6.07) is 3.00. The first kappa shape index (κ1) is 8.61. The standard InChI is InChI=1S/C8H5FIN3/c9-6-2-1-5(10)7(13-6)8-11-3-4-12-8/h1-4H,(H,11,12). The van der Waals surface area contributed by atoms with Crippen molar-refractivity contribution in [3.05, 3.63) is 34.0 Å². The lowest BCUT2D eigenvalue weighted by Gasteiger charge is -1.98. The molecule has 13 heavy (non-hydrogen) atoms. The van der Waals surface area contributed by atoms with Crippen LogP contribution in [0.5, 0.6) is 0 Å². The SMILES string of the molecule is Fc1ccc(I)c(-c2ncc[nH]2)n1. The van der Waals surface area contributed by atoms with E-state index in [1.165, 1.54) is 6.07 Å². The second-order valence-corrected chi connectivity index (χ2v) is 3.56. The van der Waals surface area contributed by atoms with Crippen molar-refractivity contribution in [2.45, 2.75) is 0 Å². The maximum atomic E-state index is 12.8. The molecule has 2 heterocycles. The van der Waals surface area contributed by atoms with Gasteiger partial charge >= 0.3 is 0 Å². The van der Waals surface area contributed by atoms with Crippen molar-refractivity contribution in [3.8, 4) is 11.5 Å². The van der Waals surface area contributed by atoms with Gasteiger partial charge < -0.3 is 4.98 Å². The maximum Gasteiger partial charge on any atom is 0.213 e. The van der Waals surface area contributed by atoms with Crippen LogP contribution in [0.1, 0.15) is 0 Å². The van der Waals surface area contributed by atoms with Crippen LogP contribution in [-0.2, 0) is 0 Å². The van der Waals surface area contributed by atoms with Gasteiger partial charge in [0.2, 0.25) is 5.95 Å². The zero-order chi connectivity index (χ0) is 9.26. The lowest BCUT2D eigenvalue weighted by Crippen LogP contribution is -1.92. The number of imidazole rings is 1. The summed E-state index contributed by atoms with van der Waals surface area (Å²) >= 11 is 2.09. The van der Waals surface area contributed by atoms with Crippen LogP contribution >= 0.6 is 22.6 Å². The third-order valence-corrected chi connectivity index (χ3v) is 2.41. The topological polar surface area (TPSA) is 41.6 Å². The normalized spacial score (nSPS) is 10.3. The summed E-state index contributed by atoms with van der Waals surface area (Å²) in [5, 5.41) is 0. The van der Waals surface area contributed by atoms with E-state index in [1.807, 2.05) is 0 Å². The zero-order valence-electron chi connectivity index (χ0n) is 6.46. The smallest absolute Gasteiger partial charge is 0.213 e. The first-order chi connectivity index (χ1) is 6.27. The first-order valence-corrected chi connectivity index (χ1v) is 4.67. The quantitative estimate of drug-likeness (QED) is 0.646. The summed E-state index contributed by atoms with van der Waals surface area (Å²) in [6.45, 7) is 0. The van der Waals surface area contributed by atoms with Gasteiger partial charge in [-0.2, -0.15) is 4.39 Å². The number of hydrogen-bond acceptors (Lipinski definition) is 2. The minimum atomic E-state index is -0.494. The molecule has 0 aliphatic rings. The van der Waals surface area contributed by atoms with Crippen LogP contribution in [0.2, 0.25) is 0 Å². The van der Waals surface area contributed by atoms with Gasteiger partial charge in [-0.25, -0.2) is 9.97 Å². The van der Waals surface area contributed by atoms with Gasteiger partial charge in [-0.05, 0) is 34.7 Å². The highest BCUT2D eigenvalue weighted by molar-refractivity contribution is 14.1. The molecule has 0 aromatic carbocycles. The third-order valence-electron chi connectivity index (χ3n) is 1.53. The van der Waals surface area contributed by atoms with Gasteiger partial charge in [-0.1, -0.05) is 0 Å². The van der Waals surface area contributed by atoms with E-state index in [1.54, 1.807) is 18.5 Å². The van der Waals surface area contributed by atoms with Crippen molar-refractivity contribution in [2.75, 3.05) is 0 Å². The molecule has 0 radical (unpaired) electrons. The minimum absolute atomic E-state index is 0.494. The second kappa shape index (κ2) is 3.41. The Kier molecular flexibility index (Phi) is 2.26. The Morgan fingerprint density at radius 1 is 1.38 bits per heavy atom. The third kappa shape index (κ3) is 1.69. The van der Waals surface area contributed by atoms with Crippen molar-refractivity contribution in [1.29, 1.82) is 0 Å². The van der Waals surface area contributed by atoms with Crippen LogP contribution in [0.3, 0.4) is 0 Å². The minimum Gasteiger partial charge on any atom is -0.343 e. The monoisotopic (exact) mass is 289 g/mol. The molecule has 0 spiro atoms. The molecule has 5 heteroatoms. The Morgan fingerprint density at radius 3 is 2.92 bits per heavy atom. The Bertz CT molecular complexity index is 413. The van der Waals surface area contributed by atoms with Crippen molar-refractivity contribution < 1.29 is 4.39 Å². The molecule has 2 rings (SSSR count). The number of aromatic nitrogens is 3. The molecule has 0 fully saturated rings. The molecule has 1 N–H and O–H groups in total. The summed E-state index contributed by atoms with van der Waals surface area (Å²) in [7, 11) is 0. The van der Waals surface area contributed by atoms with Crippen molar-refractivity contribution in [1.82, 2.24) is 15.0 Å². The number of nitrogens with zero attached hydrogens (tertiary/aromatic N) is 2. The van der Waals surface area contributed by atoms with Crippen LogP contribution < -0.4 is 0 Å². The van der Waals surface area contributed by atoms with E-state index in [2.05, 4.69) is 37.5 Å².